The molecular weight excluding hydrogens is 774 g/mol. The number of carbonyl (C=O) groups is 2. The minimum Gasteiger partial charge on any atom is -0.512 e. The third kappa shape index (κ3) is 9.51. The van der Waals surface area contributed by atoms with Gasteiger partial charge in [0.25, 0.3) is 11.8 Å². The first kappa shape index (κ1) is 41.0. The number of rotatable bonds is 4. The minimum absolute atomic E-state index is 0. The van der Waals surface area contributed by atoms with E-state index in [2.05, 4.69) is 41.4 Å². The van der Waals surface area contributed by atoms with Crippen molar-refractivity contribution in [2.24, 2.45) is 9.98 Å². The van der Waals surface area contributed by atoms with E-state index < -0.39 is 39.7 Å². The first-order valence-electron chi connectivity index (χ1n) is 12.6. The average Bonchev–Trinajstić information content (AvgIpc) is 3.44. The summed E-state index contributed by atoms with van der Waals surface area (Å²) in [4.78, 5) is 34.7. The number of amides is 2. The number of nitrogens with zero attached hydrogens (tertiary/aromatic N) is 4. The van der Waals surface area contributed by atoms with Gasteiger partial charge in [-0.2, -0.15) is 26.3 Å². The second-order valence-corrected chi connectivity index (χ2v) is 13.4. The molecule has 0 spiro atoms. The second kappa shape index (κ2) is 16.2. The van der Waals surface area contributed by atoms with E-state index in [1.165, 1.54) is 0 Å². The van der Waals surface area contributed by atoms with Gasteiger partial charge in [-0.25, -0.2) is 4.85 Å². The molecule has 4 rings (SSSR count). The number of thioether (sulfide) groups is 2. The zero-order chi connectivity index (χ0) is 34.4. The Labute approximate surface area is 288 Å². The predicted molar refractivity (Wildman–Crippen MR) is 164 cm³/mol. The van der Waals surface area contributed by atoms with Gasteiger partial charge in [-0.05, 0) is 51.0 Å². The molecule has 0 aliphatic carbocycles. The summed E-state index contributed by atoms with van der Waals surface area (Å²) in [7, 11) is 0. The second-order valence-electron chi connectivity index (χ2n) is 9.65. The van der Waals surface area contributed by atoms with Gasteiger partial charge < -0.3 is 22.5 Å². The molecule has 2 unspecified atom stereocenters. The monoisotopic (exact) mass is 796 g/mol. The van der Waals surface area contributed by atoms with E-state index in [1.54, 1.807) is 38.1 Å². The zero-order valence-corrected chi connectivity index (χ0v) is 28.3. The molecule has 0 bridgehead atoms. The van der Waals surface area contributed by atoms with Crippen molar-refractivity contribution >= 4 is 67.3 Å². The van der Waals surface area contributed by atoms with Gasteiger partial charge in [-0.3, -0.25) is 19.6 Å². The van der Waals surface area contributed by atoms with Crippen LogP contribution in [0, 0.1) is 18.4 Å². The van der Waals surface area contributed by atoms with Crippen molar-refractivity contribution in [1.29, 1.82) is 5.26 Å². The van der Waals surface area contributed by atoms with Crippen LogP contribution in [0.15, 0.2) is 63.0 Å². The molecule has 18 heteroatoms. The summed E-state index contributed by atoms with van der Waals surface area (Å²) < 4.78 is 73.5. The van der Waals surface area contributed by atoms with Crippen LogP contribution in [0.4, 0.5) is 32.0 Å². The molecular formula is C28H24BrCuF6N6O2S2. The molecule has 2 aromatic carbocycles. The largest absolute Gasteiger partial charge is 1.00 e. The summed E-state index contributed by atoms with van der Waals surface area (Å²) >= 11 is 4.09. The van der Waals surface area contributed by atoms with Crippen LogP contribution in [0.1, 0.15) is 50.9 Å². The van der Waals surface area contributed by atoms with E-state index in [0.29, 0.717) is 29.2 Å². The minimum atomic E-state index is -4.65. The number of hydrogen-bond donors (Lipinski definition) is 2. The van der Waals surface area contributed by atoms with Crippen molar-refractivity contribution in [2.45, 2.75) is 61.6 Å². The number of benzene rings is 2. The van der Waals surface area contributed by atoms with Crippen LogP contribution in [0.3, 0.4) is 0 Å². The molecule has 2 aliphatic rings. The molecule has 2 fully saturated rings. The topological polar surface area (TPSA) is 111 Å². The number of halogens is 7. The summed E-state index contributed by atoms with van der Waals surface area (Å²) in [6.07, 6.45) is -9.28. The van der Waals surface area contributed by atoms with E-state index in [0.717, 1.165) is 29.4 Å². The molecule has 2 aliphatic heterocycles. The Balaban J connectivity index is 0.000000428. The fourth-order valence-corrected chi connectivity index (χ4v) is 5.79. The predicted octanol–water partition coefficient (Wildman–Crippen LogP) is 7.98. The smallest absolute Gasteiger partial charge is 0.512 e. The Kier molecular flexibility index (Phi) is 14.4. The van der Waals surface area contributed by atoms with Crippen LogP contribution < -0.4 is 10.6 Å². The van der Waals surface area contributed by atoms with Gasteiger partial charge in [0.2, 0.25) is 0 Å². The Bertz CT molecular complexity index is 1530. The Morgan fingerprint density at radius 1 is 0.783 bits per heavy atom. The van der Waals surface area contributed by atoms with Gasteiger partial charge in [0.15, 0.2) is 25.5 Å². The van der Waals surface area contributed by atoms with E-state index in [9.17, 15) is 35.9 Å². The van der Waals surface area contributed by atoms with Crippen LogP contribution in [0.2, 0.25) is 0 Å². The van der Waals surface area contributed by atoms with Gasteiger partial charge in [0, 0.05) is 4.47 Å². The van der Waals surface area contributed by atoms with Crippen molar-refractivity contribution in [2.75, 3.05) is 0 Å². The normalized spacial score (nSPS) is 23.8. The van der Waals surface area contributed by atoms with Crippen LogP contribution >= 0.6 is 39.5 Å². The molecule has 250 valence electrons. The first-order valence-corrected chi connectivity index (χ1v) is 15.0. The van der Waals surface area contributed by atoms with Gasteiger partial charge in [0.1, 0.15) is 0 Å². The molecule has 0 saturated carbocycles. The van der Waals surface area contributed by atoms with Crippen LogP contribution in [-0.4, -0.2) is 44.0 Å². The fourth-order valence-electron chi connectivity index (χ4n) is 3.52. The average molecular weight is 798 g/mol. The molecule has 2 saturated heterocycles. The van der Waals surface area contributed by atoms with E-state index in [-0.39, 0.29) is 33.4 Å². The molecule has 2 aromatic rings. The van der Waals surface area contributed by atoms with Crippen molar-refractivity contribution in [1.82, 2.24) is 10.6 Å². The first-order chi connectivity index (χ1) is 20.8. The third-order valence-corrected chi connectivity index (χ3v) is 9.45. The van der Waals surface area contributed by atoms with Crippen molar-refractivity contribution < 1.29 is 53.0 Å². The van der Waals surface area contributed by atoms with Crippen LogP contribution in [-0.2, 0) is 26.7 Å². The number of amidine groups is 2. The summed E-state index contributed by atoms with van der Waals surface area (Å²) in [5, 5.41) is 10.6. The van der Waals surface area contributed by atoms with Gasteiger partial charge in [0.05, 0.1) is 18.7 Å². The van der Waals surface area contributed by atoms with Crippen molar-refractivity contribution in [3.63, 3.8) is 0 Å². The number of carbonyl (C=O) groups excluding carboxylic acids is 2. The summed E-state index contributed by atoms with van der Waals surface area (Å²) in [6.45, 7) is 16.8. The molecule has 2 amide bonds. The fraction of sp³-hybridized carbons (Fsp3) is 0.357. The number of hydrogen-bond acceptors (Lipinski definition) is 7. The quantitative estimate of drug-likeness (QED) is 0.185. The summed E-state index contributed by atoms with van der Waals surface area (Å²) in [6, 6.07) is 13.1. The van der Waals surface area contributed by atoms with Gasteiger partial charge in [-0.1, -0.05) is 75.9 Å². The molecule has 8 nitrogen and oxygen atoms in total. The number of aliphatic imine (C=N–C) groups is 2. The maximum atomic E-state index is 12.9. The van der Waals surface area contributed by atoms with Gasteiger partial charge in [-0.15, -0.1) is 0 Å². The van der Waals surface area contributed by atoms with Crippen LogP contribution in [0.5, 0.6) is 0 Å². The SMILES string of the molecule is C[C@H](N=C1NC(=O)C(C)(C(F)(F)F)S1)c1ccc(Br)cc1.[C-]#N.[C-]#[N+]c1ccc([C@H](C)N=C2NC(=O)C(C)(C(F)(F)F)S2)cc1.[Cu+]. The standard InChI is InChI=1S/C14H12F3N3OS.C13H12BrF3N2OS.CN.Cu/c1-8(9-4-6-10(18-3)7-5-9)19-12-20-11(21)13(2,22-12)14(15,16)17;1-7(8-3-5-9(14)6-4-8)18-11-19-10(20)12(2,21-11)13(15,16)17;1-2;/h4-8H,1-2H3,(H,19,20,21);3-7H,1-2H3,(H,18,19,20);;/q;;-1;+1/t8-,13?;7-,12?;;/m00../s1. The summed E-state index contributed by atoms with van der Waals surface area (Å²) in [5.74, 6) is -2.19. The molecule has 0 radical (unpaired) electrons. The Hall–Kier alpha value is -3.02. The van der Waals surface area contributed by atoms with Crippen molar-refractivity contribution in [3.8, 4) is 0 Å². The molecule has 0 aromatic heterocycles. The molecule has 2 heterocycles. The maximum absolute atomic E-state index is 12.9. The molecule has 4 atom stereocenters. The number of nitrogens with one attached hydrogen (secondary N) is 2. The van der Waals surface area contributed by atoms with E-state index in [4.69, 9.17) is 18.4 Å². The molecule has 2 N–H and O–H groups in total. The summed E-state index contributed by atoms with van der Waals surface area (Å²) in [5.41, 5.74) is 2.06. The van der Waals surface area contributed by atoms with E-state index >= 15 is 0 Å². The molecule has 46 heavy (non-hydrogen) atoms. The zero-order valence-electron chi connectivity index (χ0n) is 24.1. The Morgan fingerprint density at radius 3 is 1.39 bits per heavy atom. The van der Waals surface area contributed by atoms with E-state index in [1.807, 2.05) is 24.3 Å². The van der Waals surface area contributed by atoms with Gasteiger partial charge >= 0.3 is 29.4 Å². The maximum Gasteiger partial charge on any atom is 1.00 e. The van der Waals surface area contributed by atoms with Crippen molar-refractivity contribution in [3.05, 3.63) is 82.1 Å². The Morgan fingerprint density at radius 2 is 1.11 bits per heavy atom. The van der Waals surface area contributed by atoms with Crippen LogP contribution in [0.25, 0.3) is 4.85 Å². The number of alkyl halides is 6. The third-order valence-electron chi connectivity index (χ3n) is 6.47.